The minimum Gasteiger partial charge on any atom is -0.488 e. The van der Waals surface area contributed by atoms with Gasteiger partial charge in [0.05, 0.1) is 6.61 Å². The van der Waals surface area contributed by atoms with E-state index in [1.54, 1.807) is 0 Å². The zero-order valence-corrected chi connectivity index (χ0v) is 21.5. The molecule has 0 bridgehead atoms. The van der Waals surface area contributed by atoms with Gasteiger partial charge in [0.1, 0.15) is 19.0 Å². The standard InChI is InChI=1S/C31H36N2O4/c1-23(32)25-6-4-7-26(17-25)28-15-24(19-37-30-8-3-2-5-27(30)20-36-22-34)16-29(18-28)33-12-9-31(10-13-33)11-14-35-21-31/h2-8,15-18,22-23H,9-14,19-21,32H2,1H3. The summed E-state index contributed by atoms with van der Waals surface area (Å²) in [6, 6.07) is 22.9. The Labute approximate surface area is 219 Å². The molecule has 0 radical (unpaired) electrons. The molecule has 2 aliphatic heterocycles. The maximum atomic E-state index is 10.7. The summed E-state index contributed by atoms with van der Waals surface area (Å²) in [5, 5.41) is 0. The third-order valence-corrected chi connectivity index (χ3v) is 7.77. The summed E-state index contributed by atoms with van der Waals surface area (Å²) in [7, 11) is 0. The third kappa shape index (κ3) is 5.97. The molecule has 3 aromatic rings. The number of nitrogens with zero attached hydrogens (tertiary/aromatic N) is 1. The van der Waals surface area contributed by atoms with Crippen molar-refractivity contribution in [3.63, 3.8) is 0 Å². The summed E-state index contributed by atoms with van der Waals surface area (Å²) in [6.45, 7) is 6.92. The molecule has 0 aliphatic carbocycles. The molecule has 3 aromatic carbocycles. The number of rotatable bonds is 9. The quantitative estimate of drug-likeness (QED) is 0.384. The molecule has 2 saturated heterocycles. The molecular weight excluding hydrogens is 464 g/mol. The summed E-state index contributed by atoms with van der Waals surface area (Å²) in [4.78, 5) is 13.2. The molecular formula is C31H36N2O4. The van der Waals surface area contributed by atoms with Crippen LogP contribution in [0.5, 0.6) is 5.75 Å². The van der Waals surface area contributed by atoms with Gasteiger partial charge in [0.15, 0.2) is 0 Å². The number of ether oxygens (including phenoxy) is 3. The molecule has 6 heteroatoms. The number of piperidine rings is 1. The number of benzene rings is 3. The normalized spacial score (nSPS) is 17.5. The largest absolute Gasteiger partial charge is 0.488 e. The molecule has 2 N–H and O–H groups in total. The van der Waals surface area contributed by atoms with Gasteiger partial charge in [-0.1, -0.05) is 36.4 Å². The van der Waals surface area contributed by atoms with Crippen molar-refractivity contribution < 1.29 is 19.0 Å². The van der Waals surface area contributed by atoms with Crippen molar-refractivity contribution in [3.8, 4) is 16.9 Å². The van der Waals surface area contributed by atoms with Crippen LogP contribution in [0.25, 0.3) is 11.1 Å². The highest BCUT2D eigenvalue weighted by atomic mass is 16.5. The van der Waals surface area contributed by atoms with Crippen molar-refractivity contribution in [1.82, 2.24) is 0 Å². The highest BCUT2D eigenvalue weighted by Gasteiger charge is 2.38. The number of carbonyl (C=O) groups is 1. The number of hydrogen-bond donors (Lipinski definition) is 1. The first-order chi connectivity index (χ1) is 18.0. The fourth-order valence-electron chi connectivity index (χ4n) is 5.44. The number of hydrogen-bond acceptors (Lipinski definition) is 6. The highest BCUT2D eigenvalue weighted by Crippen LogP contribution is 2.41. The summed E-state index contributed by atoms with van der Waals surface area (Å²) in [6.07, 6.45) is 3.50. The van der Waals surface area contributed by atoms with E-state index < -0.39 is 0 Å². The van der Waals surface area contributed by atoms with Crippen LogP contribution in [0.1, 0.15) is 48.9 Å². The average Bonchev–Trinajstić information content (AvgIpc) is 3.39. The lowest BCUT2D eigenvalue weighted by Crippen LogP contribution is -2.40. The van der Waals surface area contributed by atoms with Gasteiger partial charge in [0.2, 0.25) is 0 Å². The number of carbonyl (C=O) groups excluding carboxylic acids is 1. The Hall–Kier alpha value is -3.35. The molecule has 2 aliphatic rings. The lowest BCUT2D eigenvalue weighted by molar-refractivity contribution is -0.129. The first kappa shape index (κ1) is 25.3. The molecule has 0 amide bonds. The highest BCUT2D eigenvalue weighted by molar-refractivity contribution is 5.70. The Morgan fingerprint density at radius 1 is 1.00 bits per heavy atom. The number of anilines is 1. The van der Waals surface area contributed by atoms with Gasteiger partial charge < -0.3 is 24.8 Å². The van der Waals surface area contributed by atoms with Crippen LogP contribution in [-0.4, -0.2) is 32.8 Å². The molecule has 6 nitrogen and oxygen atoms in total. The van der Waals surface area contributed by atoms with Crippen molar-refractivity contribution in [2.24, 2.45) is 11.1 Å². The second kappa shape index (κ2) is 11.4. The van der Waals surface area contributed by atoms with Crippen LogP contribution >= 0.6 is 0 Å². The van der Waals surface area contributed by atoms with Gasteiger partial charge in [0.25, 0.3) is 6.47 Å². The van der Waals surface area contributed by atoms with E-state index in [-0.39, 0.29) is 12.6 Å². The maximum absolute atomic E-state index is 10.7. The van der Waals surface area contributed by atoms with Crippen LogP contribution in [0.4, 0.5) is 5.69 Å². The number of para-hydroxylation sites is 1. The molecule has 0 aromatic heterocycles. The Bertz CT molecular complexity index is 1210. The minimum atomic E-state index is -0.0251. The van der Waals surface area contributed by atoms with E-state index >= 15 is 0 Å². The van der Waals surface area contributed by atoms with Crippen LogP contribution < -0.4 is 15.4 Å². The maximum Gasteiger partial charge on any atom is 0.293 e. The molecule has 1 atom stereocenters. The summed E-state index contributed by atoms with van der Waals surface area (Å²) in [5.41, 5.74) is 13.1. The SMILES string of the molecule is CC(N)c1cccc(-c2cc(COc3ccccc3COC=O)cc(N3CCC4(CCOC4)CC3)c2)c1. The molecule has 2 fully saturated rings. The fraction of sp³-hybridized carbons (Fsp3) is 0.387. The Morgan fingerprint density at radius 3 is 2.59 bits per heavy atom. The predicted molar refractivity (Wildman–Crippen MR) is 145 cm³/mol. The lowest BCUT2D eigenvalue weighted by Gasteiger charge is -2.39. The molecule has 37 heavy (non-hydrogen) atoms. The van der Waals surface area contributed by atoms with Gasteiger partial charge in [-0.3, -0.25) is 4.79 Å². The number of nitrogens with two attached hydrogens (primary N) is 1. The fourth-order valence-corrected chi connectivity index (χ4v) is 5.44. The van der Waals surface area contributed by atoms with Crippen LogP contribution in [0.3, 0.4) is 0 Å². The van der Waals surface area contributed by atoms with Gasteiger partial charge in [-0.15, -0.1) is 0 Å². The van der Waals surface area contributed by atoms with E-state index in [2.05, 4.69) is 47.4 Å². The van der Waals surface area contributed by atoms with Gasteiger partial charge in [0, 0.05) is 37.0 Å². The molecule has 0 saturated carbocycles. The first-order valence-corrected chi connectivity index (χ1v) is 13.1. The van der Waals surface area contributed by atoms with Crippen molar-refractivity contribution in [2.45, 2.75) is 45.4 Å². The van der Waals surface area contributed by atoms with Gasteiger partial charge in [-0.2, -0.15) is 0 Å². The zero-order chi connectivity index (χ0) is 25.7. The van der Waals surface area contributed by atoms with Crippen molar-refractivity contribution >= 4 is 12.2 Å². The van der Waals surface area contributed by atoms with Crippen LogP contribution in [0, 0.1) is 5.41 Å². The predicted octanol–water partition coefficient (Wildman–Crippen LogP) is 5.63. The summed E-state index contributed by atoms with van der Waals surface area (Å²) >= 11 is 0. The van der Waals surface area contributed by atoms with Crippen LogP contribution in [0.2, 0.25) is 0 Å². The van der Waals surface area contributed by atoms with Gasteiger partial charge >= 0.3 is 0 Å². The van der Waals surface area contributed by atoms with Crippen LogP contribution in [0.15, 0.2) is 66.7 Å². The van der Waals surface area contributed by atoms with Crippen molar-refractivity contribution in [3.05, 3.63) is 83.4 Å². The van der Waals surface area contributed by atoms with E-state index in [9.17, 15) is 4.79 Å². The summed E-state index contributed by atoms with van der Waals surface area (Å²) in [5.74, 6) is 0.719. The first-order valence-electron chi connectivity index (χ1n) is 13.1. The topological polar surface area (TPSA) is 74.0 Å². The van der Waals surface area contributed by atoms with Crippen molar-refractivity contribution in [2.75, 3.05) is 31.2 Å². The lowest BCUT2D eigenvalue weighted by atomic mass is 9.78. The minimum absolute atomic E-state index is 0.0251. The molecule has 1 unspecified atom stereocenters. The Morgan fingerprint density at radius 2 is 1.84 bits per heavy atom. The van der Waals surface area contributed by atoms with Gasteiger partial charge in [-0.25, -0.2) is 0 Å². The van der Waals surface area contributed by atoms with E-state index in [4.69, 9.17) is 19.9 Å². The molecule has 194 valence electrons. The average molecular weight is 501 g/mol. The van der Waals surface area contributed by atoms with E-state index in [0.717, 1.165) is 72.7 Å². The molecule has 2 heterocycles. The second-order valence-electron chi connectivity index (χ2n) is 10.4. The zero-order valence-electron chi connectivity index (χ0n) is 21.5. The van der Waals surface area contributed by atoms with Crippen molar-refractivity contribution in [1.29, 1.82) is 0 Å². The molecule has 5 rings (SSSR count). The van der Waals surface area contributed by atoms with E-state index in [0.29, 0.717) is 18.5 Å². The van der Waals surface area contributed by atoms with Crippen LogP contribution in [-0.2, 0) is 27.5 Å². The monoisotopic (exact) mass is 500 g/mol. The van der Waals surface area contributed by atoms with Gasteiger partial charge in [-0.05, 0) is 84.2 Å². The molecule has 1 spiro atoms. The summed E-state index contributed by atoms with van der Waals surface area (Å²) < 4.78 is 17.0. The van der Waals surface area contributed by atoms with E-state index in [1.807, 2.05) is 31.2 Å². The third-order valence-electron chi connectivity index (χ3n) is 7.77. The Balaban J connectivity index is 1.42. The Kier molecular flexibility index (Phi) is 7.77. The van der Waals surface area contributed by atoms with E-state index in [1.165, 1.54) is 12.1 Å². The smallest absolute Gasteiger partial charge is 0.293 e. The second-order valence-corrected chi connectivity index (χ2v) is 10.4.